The van der Waals surface area contributed by atoms with Crippen LogP contribution in [0.2, 0.25) is 0 Å². The Bertz CT molecular complexity index is 467. The molecule has 1 saturated heterocycles. The monoisotopic (exact) mass is 293 g/mol. The topological polar surface area (TPSA) is 47.8 Å². The minimum absolute atomic E-state index is 0.265. The molecule has 0 saturated carbocycles. The van der Waals surface area contributed by atoms with Gasteiger partial charge in [0.1, 0.15) is 0 Å². The second kappa shape index (κ2) is 6.44. The van der Waals surface area contributed by atoms with Gasteiger partial charge in [-0.05, 0) is 7.05 Å². The second-order valence-electron chi connectivity index (χ2n) is 6.49. The quantitative estimate of drug-likeness (QED) is 0.802. The van der Waals surface area contributed by atoms with Crippen LogP contribution in [0.15, 0.2) is 6.33 Å². The highest BCUT2D eigenvalue weighted by molar-refractivity contribution is 5.16. The standard InChI is InChI=1S/C15H27N5O/c1-17-5-7-19(8-6-17)9-13(21)10-20-4-3-15-14(11-20)16-12-18(15)2/h12-13,21H,3-11H2,1-2H3/t13-/m1/s1. The van der Waals surface area contributed by atoms with Crippen molar-refractivity contribution in [1.29, 1.82) is 0 Å². The fourth-order valence-corrected chi connectivity index (χ4v) is 3.35. The van der Waals surface area contributed by atoms with Crippen molar-refractivity contribution in [2.45, 2.75) is 19.1 Å². The third-order valence-electron chi connectivity index (χ3n) is 4.72. The van der Waals surface area contributed by atoms with Crippen LogP contribution >= 0.6 is 0 Å². The summed E-state index contributed by atoms with van der Waals surface area (Å²) in [7, 11) is 4.22. The van der Waals surface area contributed by atoms with Gasteiger partial charge in [-0.25, -0.2) is 4.98 Å². The Kier molecular flexibility index (Phi) is 4.59. The Balaban J connectivity index is 1.46. The lowest BCUT2D eigenvalue weighted by molar-refractivity contribution is 0.0514. The molecule has 6 nitrogen and oxygen atoms in total. The van der Waals surface area contributed by atoms with E-state index in [0.717, 1.165) is 58.8 Å². The number of piperazine rings is 1. The van der Waals surface area contributed by atoms with Gasteiger partial charge in [0.15, 0.2) is 0 Å². The summed E-state index contributed by atoms with van der Waals surface area (Å²) in [6, 6.07) is 0. The van der Waals surface area contributed by atoms with E-state index in [2.05, 4.69) is 38.3 Å². The highest BCUT2D eigenvalue weighted by Crippen LogP contribution is 2.17. The molecule has 1 aromatic rings. The van der Waals surface area contributed by atoms with Crippen LogP contribution in [0.1, 0.15) is 11.4 Å². The van der Waals surface area contributed by atoms with Crippen LogP contribution in [-0.2, 0) is 20.0 Å². The third-order valence-corrected chi connectivity index (χ3v) is 4.72. The summed E-state index contributed by atoms with van der Waals surface area (Å²) in [5.74, 6) is 0. The first-order valence-electron chi connectivity index (χ1n) is 7.92. The Labute approximate surface area is 127 Å². The van der Waals surface area contributed by atoms with Gasteiger partial charge in [-0.2, -0.15) is 0 Å². The van der Waals surface area contributed by atoms with Crippen molar-refractivity contribution in [2.75, 3.05) is 52.9 Å². The molecular weight excluding hydrogens is 266 g/mol. The third kappa shape index (κ3) is 3.63. The molecule has 3 heterocycles. The smallest absolute Gasteiger partial charge is 0.0949 e. The van der Waals surface area contributed by atoms with Gasteiger partial charge in [0.2, 0.25) is 0 Å². The van der Waals surface area contributed by atoms with Crippen LogP contribution in [-0.4, -0.2) is 88.3 Å². The van der Waals surface area contributed by atoms with Crippen LogP contribution in [0.25, 0.3) is 0 Å². The number of hydrogen-bond acceptors (Lipinski definition) is 5. The summed E-state index contributed by atoms with van der Waals surface area (Å²) >= 11 is 0. The normalized spacial score (nSPS) is 23.2. The first-order chi connectivity index (χ1) is 10.1. The van der Waals surface area contributed by atoms with Crippen molar-refractivity contribution < 1.29 is 5.11 Å². The van der Waals surface area contributed by atoms with Crippen LogP contribution in [0.3, 0.4) is 0 Å². The molecule has 1 aromatic heterocycles. The maximum Gasteiger partial charge on any atom is 0.0949 e. The van der Waals surface area contributed by atoms with Gasteiger partial charge in [0, 0.05) is 71.5 Å². The zero-order chi connectivity index (χ0) is 14.8. The van der Waals surface area contributed by atoms with Gasteiger partial charge in [-0.15, -0.1) is 0 Å². The van der Waals surface area contributed by atoms with Crippen molar-refractivity contribution in [3.05, 3.63) is 17.7 Å². The number of aliphatic hydroxyl groups is 1. The van der Waals surface area contributed by atoms with E-state index in [-0.39, 0.29) is 6.10 Å². The predicted molar refractivity (Wildman–Crippen MR) is 82.1 cm³/mol. The summed E-state index contributed by atoms with van der Waals surface area (Å²) in [5.41, 5.74) is 2.52. The summed E-state index contributed by atoms with van der Waals surface area (Å²) in [4.78, 5) is 11.5. The molecule has 6 heteroatoms. The van der Waals surface area contributed by atoms with E-state index in [1.165, 1.54) is 11.4 Å². The van der Waals surface area contributed by atoms with Gasteiger partial charge in [0.05, 0.1) is 18.1 Å². The molecular formula is C15H27N5O. The van der Waals surface area contributed by atoms with Crippen molar-refractivity contribution >= 4 is 0 Å². The number of rotatable bonds is 4. The lowest BCUT2D eigenvalue weighted by atomic mass is 10.1. The Morgan fingerprint density at radius 1 is 1.10 bits per heavy atom. The molecule has 1 fully saturated rings. The maximum absolute atomic E-state index is 10.4. The van der Waals surface area contributed by atoms with Gasteiger partial charge in [0.25, 0.3) is 0 Å². The van der Waals surface area contributed by atoms with E-state index in [1.54, 1.807) is 0 Å². The van der Waals surface area contributed by atoms with Crippen molar-refractivity contribution in [3.8, 4) is 0 Å². The van der Waals surface area contributed by atoms with E-state index in [4.69, 9.17) is 0 Å². The van der Waals surface area contributed by atoms with E-state index in [9.17, 15) is 5.11 Å². The van der Waals surface area contributed by atoms with Crippen LogP contribution in [0.4, 0.5) is 0 Å². The van der Waals surface area contributed by atoms with Crippen LogP contribution in [0.5, 0.6) is 0 Å². The first-order valence-corrected chi connectivity index (χ1v) is 7.92. The number of imidazole rings is 1. The van der Waals surface area contributed by atoms with Crippen molar-refractivity contribution in [1.82, 2.24) is 24.3 Å². The number of hydrogen-bond donors (Lipinski definition) is 1. The van der Waals surface area contributed by atoms with Crippen LogP contribution in [0, 0.1) is 0 Å². The fourth-order valence-electron chi connectivity index (χ4n) is 3.35. The summed E-state index contributed by atoms with van der Waals surface area (Å²) < 4.78 is 2.12. The molecule has 0 bridgehead atoms. The molecule has 3 rings (SSSR count). The fraction of sp³-hybridized carbons (Fsp3) is 0.800. The van der Waals surface area contributed by atoms with Crippen molar-refractivity contribution in [2.24, 2.45) is 7.05 Å². The molecule has 1 N–H and O–H groups in total. The summed E-state index contributed by atoms with van der Waals surface area (Å²) in [5, 5.41) is 10.4. The predicted octanol–water partition coefficient (Wildman–Crippen LogP) is -0.613. The minimum Gasteiger partial charge on any atom is -0.390 e. The van der Waals surface area contributed by atoms with Gasteiger partial charge in [-0.3, -0.25) is 9.80 Å². The number of aliphatic hydroxyl groups excluding tert-OH is 1. The zero-order valence-electron chi connectivity index (χ0n) is 13.2. The molecule has 0 unspecified atom stereocenters. The SMILES string of the molecule is CN1CCN(C[C@@H](O)CN2CCc3c(ncn3C)C2)CC1. The molecule has 21 heavy (non-hydrogen) atoms. The van der Waals surface area contributed by atoms with Gasteiger partial charge in [-0.1, -0.05) is 0 Å². The zero-order valence-corrected chi connectivity index (χ0v) is 13.2. The average Bonchev–Trinajstić information content (AvgIpc) is 2.82. The first kappa shape index (κ1) is 15.0. The van der Waals surface area contributed by atoms with E-state index < -0.39 is 0 Å². The molecule has 0 radical (unpaired) electrons. The summed E-state index contributed by atoms with van der Waals surface area (Å²) in [6.45, 7) is 7.78. The van der Waals surface area contributed by atoms with Gasteiger partial charge >= 0.3 is 0 Å². The Morgan fingerprint density at radius 3 is 2.57 bits per heavy atom. The highest BCUT2D eigenvalue weighted by Gasteiger charge is 2.23. The molecule has 0 amide bonds. The maximum atomic E-state index is 10.4. The second-order valence-corrected chi connectivity index (χ2v) is 6.49. The number of likely N-dealkylation sites (N-methyl/N-ethyl adjacent to an activating group) is 1. The Hall–Kier alpha value is -0.950. The number of aromatic nitrogens is 2. The van der Waals surface area contributed by atoms with E-state index >= 15 is 0 Å². The average molecular weight is 293 g/mol. The number of fused-ring (bicyclic) bond motifs is 1. The molecule has 1 atom stereocenters. The Morgan fingerprint density at radius 2 is 1.81 bits per heavy atom. The molecule has 2 aliphatic rings. The lowest BCUT2D eigenvalue weighted by Gasteiger charge is -2.35. The lowest BCUT2D eigenvalue weighted by Crippen LogP contribution is -2.49. The van der Waals surface area contributed by atoms with Crippen LogP contribution < -0.4 is 0 Å². The highest BCUT2D eigenvalue weighted by atomic mass is 16.3. The number of nitrogens with zero attached hydrogens (tertiary/aromatic N) is 5. The molecule has 118 valence electrons. The largest absolute Gasteiger partial charge is 0.390 e. The van der Waals surface area contributed by atoms with Gasteiger partial charge < -0.3 is 14.6 Å². The summed E-state index contributed by atoms with van der Waals surface area (Å²) in [6.07, 6.45) is 2.67. The molecule has 0 spiro atoms. The molecule has 2 aliphatic heterocycles. The molecule has 0 aromatic carbocycles. The minimum atomic E-state index is -0.265. The van der Waals surface area contributed by atoms with E-state index in [1.807, 2.05) is 6.33 Å². The van der Waals surface area contributed by atoms with Crippen molar-refractivity contribution in [3.63, 3.8) is 0 Å². The number of aryl methyl sites for hydroxylation is 1. The number of β-amino-alcohol motifs (C(OH)–C–C–N with tert-alkyl or cyclic N) is 1. The molecule has 0 aliphatic carbocycles. The van der Waals surface area contributed by atoms with E-state index in [0.29, 0.717) is 0 Å².